The average Bonchev–Trinajstić information content (AvgIpc) is 2.67. The molecule has 1 amide bonds. The third kappa shape index (κ3) is 5.38. The Kier molecular flexibility index (Phi) is 6.70. The van der Waals surface area contributed by atoms with Crippen LogP contribution in [0.1, 0.15) is 41.0 Å². The van der Waals surface area contributed by atoms with E-state index in [1.54, 1.807) is 19.1 Å². The highest BCUT2D eigenvalue weighted by Gasteiger charge is 2.17. The van der Waals surface area contributed by atoms with E-state index in [4.69, 9.17) is 0 Å². The fourth-order valence-electron chi connectivity index (χ4n) is 2.21. The van der Waals surface area contributed by atoms with E-state index in [1.165, 1.54) is 43.5 Å². The zero-order chi connectivity index (χ0) is 20.0. The Balaban J connectivity index is 2.08. The highest BCUT2D eigenvalue weighted by Crippen LogP contribution is 2.15. The molecule has 0 fully saturated rings. The standard InChI is InChI=1S/C19H22N2O5S/c1-4-13(2)21-27(24,25)17-11-7-14(8-12-17)18(22)20-16-9-5-15(6-10-16)19(23)26-3/h5-13,21H,4H2,1-3H3,(H,20,22)/t13-/m1/s1. The van der Waals surface area contributed by atoms with Crippen LogP contribution < -0.4 is 10.0 Å². The molecule has 27 heavy (non-hydrogen) atoms. The van der Waals surface area contributed by atoms with Gasteiger partial charge >= 0.3 is 5.97 Å². The van der Waals surface area contributed by atoms with Crippen LogP contribution in [0.25, 0.3) is 0 Å². The summed E-state index contributed by atoms with van der Waals surface area (Å²) in [6.07, 6.45) is 0.675. The maximum Gasteiger partial charge on any atom is 0.337 e. The number of sulfonamides is 1. The van der Waals surface area contributed by atoms with Gasteiger partial charge in [0.05, 0.1) is 17.6 Å². The Morgan fingerprint density at radius 1 is 1.00 bits per heavy atom. The molecule has 0 bridgehead atoms. The molecule has 2 rings (SSSR count). The van der Waals surface area contributed by atoms with Crippen molar-refractivity contribution in [3.8, 4) is 0 Å². The lowest BCUT2D eigenvalue weighted by atomic mass is 10.2. The van der Waals surface area contributed by atoms with Crippen LogP contribution >= 0.6 is 0 Å². The first-order valence-corrected chi connectivity index (χ1v) is 9.87. The van der Waals surface area contributed by atoms with Crippen LogP contribution in [0.3, 0.4) is 0 Å². The molecular weight excluding hydrogens is 368 g/mol. The van der Waals surface area contributed by atoms with Crippen molar-refractivity contribution in [3.63, 3.8) is 0 Å². The molecule has 0 heterocycles. The number of benzene rings is 2. The summed E-state index contributed by atoms with van der Waals surface area (Å²) < 4.78 is 31.7. The van der Waals surface area contributed by atoms with Gasteiger partial charge in [-0.2, -0.15) is 0 Å². The van der Waals surface area contributed by atoms with Gasteiger partial charge in [0.1, 0.15) is 0 Å². The van der Waals surface area contributed by atoms with Crippen LogP contribution in [0.5, 0.6) is 0 Å². The number of carbonyl (C=O) groups excluding carboxylic acids is 2. The number of carbonyl (C=O) groups is 2. The van der Waals surface area contributed by atoms with E-state index >= 15 is 0 Å². The molecule has 2 aromatic rings. The summed E-state index contributed by atoms with van der Waals surface area (Å²) in [6.45, 7) is 3.67. The number of ether oxygens (including phenoxy) is 1. The van der Waals surface area contributed by atoms with Crippen LogP contribution in [0, 0.1) is 0 Å². The molecule has 0 aliphatic rings. The summed E-state index contributed by atoms with van der Waals surface area (Å²) in [5.74, 6) is -0.852. The minimum absolute atomic E-state index is 0.0989. The lowest BCUT2D eigenvalue weighted by Gasteiger charge is -2.12. The molecule has 0 spiro atoms. The van der Waals surface area contributed by atoms with E-state index in [2.05, 4.69) is 14.8 Å². The number of rotatable bonds is 7. The van der Waals surface area contributed by atoms with Crippen LogP contribution in [0.2, 0.25) is 0 Å². The molecule has 144 valence electrons. The smallest absolute Gasteiger partial charge is 0.337 e. The minimum atomic E-state index is -3.61. The molecule has 0 unspecified atom stereocenters. The number of anilines is 1. The van der Waals surface area contributed by atoms with E-state index < -0.39 is 16.0 Å². The summed E-state index contributed by atoms with van der Waals surface area (Å²) in [5.41, 5.74) is 1.19. The molecule has 0 saturated carbocycles. The first-order chi connectivity index (χ1) is 12.8. The molecule has 0 aliphatic carbocycles. The highest BCUT2D eigenvalue weighted by molar-refractivity contribution is 7.89. The fraction of sp³-hybridized carbons (Fsp3) is 0.263. The summed E-state index contributed by atoms with van der Waals surface area (Å²) in [5, 5.41) is 2.69. The number of hydrogen-bond donors (Lipinski definition) is 2. The van der Waals surface area contributed by atoms with Gasteiger partial charge in [-0.25, -0.2) is 17.9 Å². The van der Waals surface area contributed by atoms with Gasteiger partial charge in [0.15, 0.2) is 0 Å². The second kappa shape index (κ2) is 8.79. The first-order valence-electron chi connectivity index (χ1n) is 8.39. The second-order valence-electron chi connectivity index (χ2n) is 5.98. The van der Waals surface area contributed by atoms with Gasteiger partial charge < -0.3 is 10.1 Å². The van der Waals surface area contributed by atoms with E-state index in [0.29, 0.717) is 23.2 Å². The molecular formula is C19H22N2O5S. The van der Waals surface area contributed by atoms with Crippen LogP contribution in [0.15, 0.2) is 53.4 Å². The summed E-state index contributed by atoms with van der Waals surface area (Å²) >= 11 is 0. The number of hydrogen-bond acceptors (Lipinski definition) is 5. The molecule has 0 aliphatic heterocycles. The van der Waals surface area contributed by atoms with Crippen molar-refractivity contribution >= 4 is 27.6 Å². The molecule has 7 nitrogen and oxygen atoms in total. The van der Waals surface area contributed by atoms with Gasteiger partial charge in [0.2, 0.25) is 10.0 Å². The number of nitrogens with one attached hydrogen (secondary N) is 2. The third-order valence-electron chi connectivity index (χ3n) is 3.96. The molecule has 8 heteroatoms. The molecule has 0 radical (unpaired) electrons. The molecule has 2 N–H and O–H groups in total. The van der Waals surface area contributed by atoms with Gasteiger partial charge in [-0.05, 0) is 61.9 Å². The second-order valence-corrected chi connectivity index (χ2v) is 7.69. The van der Waals surface area contributed by atoms with Crippen molar-refractivity contribution in [2.75, 3.05) is 12.4 Å². The van der Waals surface area contributed by atoms with Crippen LogP contribution in [-0.2, 0) is 14.8 Å². The lowest BCUT2D eigenvalue weighted by molar-refractivity contribution is 0.0600. The van der Waals surface area contributed by atoms with Gasteiger partial charge in [0, 0.05) is 17.3 Å². The van der Waals surface area contributed by atoms with E-state index in [-0.39, 0.29) is 16.8 Å². The fourth-order valence-corrected chi connectivity index (χ4v) is 3.54. The SMILES string of the molecule is CC[C@@H](C)NS(=O)(=O)c1ccc(C(=O)Nc2ccc(C(=O)OC)cc2)cc1. The van der Waals surface area contributed by atoms with Crippen molar-refractivity contribution in [2.45, 2.75) is 31.2 Å². The predicted molar refractivity (Wildman–Crippen MR) is 102 cm³/mol. The van der Waals surface area contributed by atoms with Gasteiger partial charge in [-0.15, -0.1) is 0 Å². The molecule has 0 aromatic heterocycles. The van der Waals surface area contributed by atoms with Crippen LogP contribution in [-0.4, -0.2) is 33.4 Å². The summed E-state index contributed by atoms with van der Waals surface area (Å²) in [6, 6.07) is 11.7. The predicted octanol–water partition coefficient (Wildman–Crippen LogP) is 2.80. The van der Waals surface area contributed by atoms with E-state index in [9.17, 15) is 18.0 Å². The highest BCUT2D eigenvalue weighted by atomic mass is 32.2. The van der Waals surface area contributed by atoms with Crippen molar-refractivity contribution < 1.29 is 22.7 Å². The maximum atomic E-state index is 12.3. The van der Waals surface area contributed by atoms with Crippen molar-refractivity contribution in [3.05, 3.63) is 59.7 Å². The average molecular weight is 390 g/mol. The Morgan fingerprint density at radius 3 is 2.07 bits per heavy atom. The third-order valence-corrected chi connectivity index (χ3v) is 5.56. The Hall–Kier alpha value is -2.71. The number of esters is 1. The Labute approximate surface area is 158 Å². The Morgan fingerprint density at radius 2 is 1.56 bits per heavy atom. The summed E-state index contributed by atoms with van der Waals surface area (Å²) in [7, 11) is -2.32. The van der Waals surface area contributed by atoms with Gasteiger partial charge in [-0.3, -0.25) is 4.79 Å². The normalized spacial score (nSPS) is 12.3. The largest absolute Gasteiger partial charge is 0.465 e. The summed E-state index contributed by atoms with van der Waals surface area (Å²) in [4.78, 5) is 23.8. The molecule has 0 saturated heterocycles. The molecule has 1 atom stereocenters. The quantitative estimate of drug-likeness (QED) is 0.708. The topological polar surface area (TPSA) is 102 Å². The lowest BCUT2D eigenvalue weighted by Crippen LogP contribution is -2.32. The van der Waals surface area contributed by atoms with Gasteiger partial charge in [0.25, 0.3) is 5.91 Å². The maximum absolute atomic E-state index is 12.3. The van der Waals surface area contributed by atoms with Gasteiger partial charge in [-0.1, -0.05) is 6.92 Å². The van der Waals surface area contributed by atoms with E-state index in [1.807, 2.05) is 6.92 Å². The zero-order valence-electron chi connectivity index (χ0n) is 15.4. The minimum Gasteiger partial charge on any atom is -0.465 e. The van der Waals surface area contributed by atoms with Crippen molar-refractivity contribution in [1.82, 2.24) is 4.72 Å². The first kappa shape index (κ1) is 20.6. The van der Waals surface area contributed by atoms with Crippen molar-refractivity contribution in [2.24, 2.45) is 0 Å². The molecule has 2 aromatic carbocycles. The Bertz CT molecular complexity index is 906. The zero-order valence-corrected chi connectivity index (χ0v) is 16.2. The van der Waals surface area contributed by atoms with Crippen molar-refractivity contribution in [1.29, 1.82) is 0 Å². The van der Waals surface area contributed by atoms with Crippen LogP contribution in [0.4, 0.5) is 5.69 Å². The van der Waals surface area contributed by atoms with E-state index in [0.717, 1.165) is 0 Å². The number of amides is 1. The monoisotopic (exact) mass is 390 g/mol. The number of methoxy groups -OCH3 is 1.